The van der Waals surface area contributed by atoms with Gasteiger partial charge in [0, 0.05) is 16.5 Å². The number of benzene rings is 3. The number of hydrogen-bond acceptors (Lipinski definition) is 4. The maximum Gasteiger partial charge on any atom is 0.255 e. The smallest absolute Gasteiger partial charge is 0.255 e. The molecule has 29 heavy (non-hydrogen) atoms. The molecule has 5 heteroatoms. The van der Waals surface area contributed by atoms with E-state index in [0.717, 1.165) is 0 Å². The van der Waals surface area contributed by atoms with E-state index in [4.69, 9.17) is 9.15 Å². The number of fused-ring (bicyclic) bond motifs is 1. The first-order valence-electron chi connectivity index (χ1n) is 9.33. The highest BCUT2D eigenvalue weighted by atomic mass is 16.5. The van der Waals surface area contributed by atoms with Crippen molar-refractivity contribution < 1.29 is 18.7 Å². The van der Waals surface area contributed by atoms with Gasteiger partial charge in [0.25, 0.3) is 5.91 Å². The van der Waals surface area contributed by atoms with Crippen LogP contribution in [0.5, 0.6) is 5.75 Å². The molecule has 0 saturated carbocycles. The first-order chi connectivity index (χ1) is 14.2. The Kier molecular flexibility index (Phi) is 5.12. The van der Waals surface area contributed by atoms with Crippen molar-refractivity contribution in [1.82, 2.24) is 0 Å². The van der Waals surface area contributed by atoms with Crippen molar-refractivity contribution in [2.24, 2.45) is 0 Å². The number of anilines is 1. The summed E-state index contributed by atoms with van der Waals surface area (Å²) < 4.78 is 11.3. The second-order valence-corrected chi connectivity index (χ2v) is 6.41. The number of para-hydroxylation sites is 1. The molecule has 0 aliphatic rings. The lowest BCUT2D eigenvalue weighted by Crippen LogP contribution is -2.14. The summed E-state index contributed by atoms with van der Waals surface area (Å²) in [5, 5.41) is 3.53. The summed E-state index contributed by atoms with van der Waals surface area (Å²) in [5.41, 5.74) is 1.81. The molecular weight excluding hydrogens is 366 g/mol. The summed E-state index contributed by atoms with van der Waals surface area (Å²) in [4.78, 5) is 25.9. The Hall–Kier alpha value is -3.86. The van der Waals surface area contributed by atoms with E-state index in [1.54, 1.807) is 54.6 Å². The van der Waals surface area contributed by atoms with Crippen molar-refractivity contribution in [2.45, 2.75) is 6.92 Å². The van der Waals surface area contributed by atoms with Gasteiger partial charge in [0.15, 0.2) is 5.76 Å². The third kappa shape index (κ3) is 3.75. The van der Waals surface area contributed by atoms with Gasteiger partial charge in [-0.1, -0.05) is 48.5 Å². The van der Waals surface area contributed by atoms with Gasteiger partial charge in [0.05, 0.1) is 12.3 Å². The Labute approximate surface area is 167 Å². The minimum Gasteiger partial charge on any atom is -0.494 e. The summed E-state index contributed by atoms with van der Waals surface area (Å²) in [7, 11) is 0. The maximum absolute atomic E-state index is 13.0. The fourth-order valence-electron chi connectivity index (χ4n) is 3.13. The molecule has 1 aromatic heterocycles. The second-order valence-electron chi connectivity index (χ2n) is 6.41. The molecule has 1 heterocycles. The van der Waals surface area contributed by atoms with Crippen molar-refractivity contribution in [3.05, 3.63) is 95.7 Å². The van der Waals surface area contributed by atoms with Gasteiger partial charge in [-0.3, -0.25) is 9.59 Å². The number of hydrogen-bond donors (Lipinski definition) is 1. The van der Waals surface area contributed by atoms with Crippen molar-refractivity contribution >= 4 is 28.3 Å². The van der Waals surface area contributed by atoms with Crippen LogP contribution in [0, 0.1) is 0 Å². The highest BCUT2D eigenvalue weighted by Gasteiger charge is 2.23. The lowest BCUT2D eigenvalue weighted by molar-refractivity contribution is 0.101. The van der Waals surface area contributed by atoms with Crippen LogP contribution in [0.25, 0.3) is 11.0 Å². The zero-order valence-electron chi connectivity index (χ0n) is 15.8. The lowest BCUT2D eigenvalue weighted by atomic mass is 10.1. The van der Waals surface area contributed by atoms with Crippen LogP contribution >= 0.6 is 0 Å². The van der Waals surface area contributed by atoms with Gasteiger partial charge in [-0.05, 0) is 37.3 Å². The molecule has 0 atom stereocenters. The van der Waals surface area contributed by atoms with Gasteiger partial charge in [-0.15, -0.1) is 0 Å². The monoisotopic (exact) mass is 385 g/mol. The average Bonchev–Trinajstić information content (AvgIpc) is 3.12. The van der Waals surface area contributed by atoms with Gasteiger partial charge >= 0.3 is 0 Å². The molecule has 0 saturated heterocycles. The molecule has 0 aliphatic carbocycles. The van der Waals surface area contributed by atoms with Crippen LogP contribution in [-0.2, 0) is 0 Å². The molecular formula is C24H19NO4. The van der Waals surface area contributed by atoms with Crippen LogP contribution in [0.15, 0.2) is 83.3 Å². The minimum absolute atomic E-state index is 0.103. The van der Waals surface area contributed by atoms with Crippen LogP contribution in [-0.4, -0.2) is 18.3 Å². The third-order valence-electron chi connectivity index (χ3n) is 4.48. The number of rotatable bonds is 6. The molecule has 3 aromatic carbocycles. The Morgan fingerprint density at radius 2 is 1.62 bits per heavy atom. The first kappa shape index (κ1) is 18.5. The summed E-state index contributed by atoms with van der Waals surface area (Å²) in [6.45, 7) is 2.39. The van der Waals surface area contributed by atoms with Crippen molar-refractivity contribution in [2.75, 3.05) is 11.9 Å². The van der Waals surface area contributed by atoms with Crippen LogP contribution in [0.2, 0.25) is 0 Å². The lowest BCUT2D eigenvalue weighted by Gasteiger charge is -2.08. The summed E-state index contributed by atoms with van der Waals surface area (Å²) in [5.74, 6) is 0.0740. The molecule has 0 unspecified atom stereocenters. The Bertz CT molecular complexity index is 1180. The van der Waals surface area contributed by atoms with Gasteiger partial charge in [-0.25, -0.2) is 0 Å². The van der Waals surface area contributed by atoms with E-state index < -0.39 is 0 Å². The van der Waals surface area contributed by atoms with Crippen molar-refractivity contribution in [1.29, 1.82) is 0 Å². The van der Waals surface area contributed by atoms with Gasteiger partial charge in [0.1, 0.15) is 11.3 Å². The topological polar surface area (TPSA) is 68.5 Å². The maximum atomic E-state index is 13.0. The van der Waals surface area contributed by atoms with Crippen LogP contribution < -0.4 is 10.1 Å². The van der Waals surface area contributed by atoms with E-state index >= 15 is 0 Å². The van der Waals surface area contributed by atoms with E-state index in [2.05, 4.69) is 5.32 Å². The van der Waals surface area contributed by atoms with Crippen LogP contribution in [0.3, 0.4) is 0 Å². The van der Waals surface area contributed by atoms with Gasteiger partial charge in [0.2, 0.25) is 5.78 Å². The molecule has 0 radical (unpaired) electrons. The first-order valence-corrected chi connectivity index (χ1v) is 9.33. The summed E-state index contributed by atoms with van der Waals surface area (Å²) in [6.07, 6.45) is 0. The SMILES string of the molecule is CCOc1cccc(C(=O)Nc2c(C(=O)c3ccccc3)oc3ccccc23)c1. The number of ketones is 1. The fraction of sp³-hybridized carbons (Fsp3) is 0.0833. The Morgan fingerprint density at radius 1 is 0.897 bits per heavy atom. The number of ether oxygens (including phenoxy) is 1. The van der Waals surface area contributed by atoms with Gasteiger partial charge < -0.3 is 14.5 Å². The molecule has 4 aromatic rings. The molecule has 1 amide bonds. The van der Waals surface area contributed by atoms with E-state index in [9.17, 15) is 9.59 Å². The summed E-state index contributed by atoms with van der Waals surface area (Å²) >= 11 is 0. The van der Waals surface area contributed by atoms with E-state index in [1.807, 2.05) is 31.2 Å². The largest absolute Gasteiger partial charge is 0.494 e. The Morgan fingerprint density at radius 3 is 2.41 bits per heavy atom. The number of carbonyl (C=O) groups is 2. The van der Waals surface area contributed by atoms with E-state index in [-0.39, 0.29) is 17.5 Å². The fourth-order valence-corrected chi connectivity index (χ4v) is 3.13. The van der Waals surface area contributed by atoms with Crippen LogP contribution in [0.1, 0.15) is 33.4 Å². The number of carbonyl (C=O) groups excluding carboxylic acids is 2. The molecule has 0 aliphatic heterocycles. The molecule has 4 rings (SSSR count). The summed E-state index contributed by atoms with van der Waals surface area (Å²) in [6, 6.07) is 23.0. The van der Waals surface area contributed by atoms with Crippen LogP contribution in [0.4, 0.5) is 5.69 Å². The molecule has 5 nitrogen and oxygen atoms in total. The van der Waals surface area contributed by atoms with E-state index in [0.29, 0.717) is 40.1 Å². The molecule has 0 spiro atoms. The molecule has 144 valence electrons. The van der Waals surface area contributed by atoms with Gasteiger partial charge in [-0.2, -0.15) is 0 Å². The second kappa shape index (κ2) is 8.02. The predicted molar refractivity (Wildman–Crippen MR) is 112 cm³/mol. The zero-order chi connectivity index (χ0) is 20.2. The number of nitrogens with one attached hydrogen (secondary N) is 1. The molecule has 0 fully saturated rings. The molecule has 0 bridgehead atoms. The van der Waals surface area contributed by atoms with E-state index in [1.165, 1.54) is 0 Å². The average molecular weight is 385 g/mol. The normalized spacial score (nSPS) is 10.7. The molecule has 1 N–H and O–H groups in total. The Balaban J connectivity index is 1.74. The van der Waals surface area contributed by atoms with Crippen molar-refractivity contribution in [3.8, 4) is 5.75 Å². The standard InChI is InChI=1S/C24H19NO4/c1-2-28-18-12-8-11-17(15-18)24(27)25-21-19-13-6-7-14-20(19)29-23(21)22(26)16-9-4-3-5-10-16/h3-15H,2H2,1H3,(H,25,27). The highest BCUT2D eigenvalue weighted by Crippen LogP contribution is 2.33. The van der Waals surface area contributed by atoms with Crippen molar-refractivity contribution in [3.63, 3.8) is 0 Å². The third-order valence-corrected chi connectivity index (χ3v) is 4.48. The number of furan rings is 1. The minimum atomic E-state index is -0.347. The predicted octanol–water partition coefficient (Wildman–Crippen LogP) is 5.31. The highest BCUT2D eigenvalue weighted by molar-refractivity contribution is 6.18. The number of amides is 1. The quantitative estimate of drug-likeness (QED) is 0.457. The zero-order valence-corrected chi connectivity index (χ0v) is 15.8.